The van der Waals surface area contributed by atoms with E-state index in [4.69, 9.17) is 21.1 Å². The summed E-state index contributed by atoms with van der Waals surface area (Å²) in [5.74, 6) is -1.54. The quantitative estimate of drug-likeness (QED) is 0.500. The van der Waals surface area contributed by atoms with Gasteiger partial charge in [-0.15, -0.1) is 4.83 Å². The third kappa shape index (κ3) is 5.18. The number of nitrogens with one attached hydrogen (secondary N) is 2. The molecule has 2 aromatic rings. The van der Waals surface area contributed by atoms with E-state index in [0.29, 0.717) is 16.8 Å². The second-order valence-corrected chi connectivity index (χ2v) is 7.37. The van der Waals surface area contributed by atoms with Crippen molar-refractivity contribution in [2.45, 2.75) is 0 Å². The first kappa shape index (κ1) is 19.7. The second kappa shape index (κ2) is 8.17. The third-order valence-electron chi connectivity index (χ3n) is 3.22. The van der Waals surface area contributed by atoms with E-state index in [9.17, 15) is 13.2 Å². The van der Waals surface area contributed by atoms with Crippen LogP contribution in [0.1, 0.15) is 11.1 Å². The summed E-state index contributed by atoms with van der Waals surface area (Å²) in [6, 6.07) is 3.26. The number of rotatable bonds is 8. The summed E-state index contributed by atoms with van der Waals surface area (Å²) in [4.78, 5) is 14.4. The number of carbonyl (C=O) groups is 1. The molecular formula is C15H18N4O5S2. The molecule has 1 amide bonds. The highest BCUT2D eigenvalue weighted by molar-refractivity contribution is 7.90. The Morgan fingerprint density at radius 3 is 2.27 bits per heavy atom. The highest BCUT2D eigenvalue weighted by Gasteiger charge is 2.21. The number of amides is 1. The highest BCUT2D eigenvalue weighted by Crippen LogP contribution is 2.14. The molecule has 0 saturated heterocycles. The molecular weight excluding hydrogens is 380 g/mol. The van der Waals surface area contributed by atoms with Gasteiger partial charge in [-0.2, -0.15) is 0 Å². The van der Waals surface area contributed by atoms with Crippen LogP contribution in [-0.2, 0) is 14.8 Å². The fraction of sp³-hybridized carbons (Fsp3) is 0.200. The van der Waals surface area contributed by atoms with Crippen LogP contribution >= 0.6 is 12.2 Å². The van der Waals surface area contributed by atoms with Crippen LogP contribution in [0.2, 0.25) is 0 Å². The molecule has 11 heteroatoms. The van der Waals surface area contributed by atoms with Gasteiger partial charge in [0.05, 0.1) is 24.5 Å². The molecule has 2 rings (SSSR count). The van der Waals surface area contributed by atoms with E-state index in [1.165, 1.54) is 44.2 Å². The van der Waals surface area contributed by atoms with Crippen LogP contribution in [0.25, 0.3) is 5.70 Å². The Kier molecular flexibility index (Phi) is 6.18. The molecule has 0 aliphatic rings. The van der Waals surface area contributed by atoms with Gasteiger partial charge in [0.15, 0.2) is 0 Å². The van der Waals surface area contributed by atoms with Crippen molar-refractivity contribution >= 4 is 38.8 Å². The lowest BCUT2D eigenvalue weighted by Gasteiger charge is -2.23. The van der Waals surface area contributed by atoms with Crippen LogP contribution < -0.4 is 10.3 Å². The highest BCUT2D eigenvalue weighted by atomic mass is 32.2. The molecule has 140 valence electrons. The van der Waals surface area contributed by atoms with E-state index >= 15 is 0 Å². The van der Waals surface area contributed by atoms with Crippen molar-refractivity contribution in [3.63, 3.8) is 0 Å². The summed E-state index contributed by atoms with van der Waals surface area (Å²) >= 11 is 5.14. The number of hydrazine groups is 2. The maximum atomic E-state index is 12.2. The van der Waals surface area contributed by atoms with Gasteiger partial charge >= 0.3 is 0 Å². The Bertz CT molecular complexity index is 875. The lowest BCUT2D eigenvalue weighted by molar-refractivity contribution is -0.121. The minimum Gasteiger partial charge on any atom is -0.472 e. The maximum absolute atomic E-state index is 12.2. The van der Waals surface area contributed by atoms with E-state index in [-0.39, 0.29) is 4.99 Å². The summed E-state index contributed by atoms with van der Waals surface area (Å²) in [6.07, 6.45) is 5.72. The topological polar surface area (TPSA) is 108 Å². The van der Waals surface area contributed by atoms with Crippen molar-refractivity contribution in [3.8, 4) is 0 Å². The van der Waals surface area contributed by atoms with E-state index < -0.39 is 21.7 Å². The van der Waals surface area contributed by atoms with Gasteiger partial charge in [-0.3, -0.25) is 20.2 Å². The van der Waals surface area contributed by atoms with E-state index in [1.807, 2.05) is 0 Å². The van der Waals surface area contributed by atoms with Crippen molar-refractivity contribution in [1.82, 2.24) is 20.3 Å². The monoisotopic (exact) mass is 398 g/mol. The van der Waals surface area contributed by atoms with Gasteiger partial charge in [-0.25, -0.2) is 8.42 Å². The van der Waals surface area contributed by atoms with Gasteiger partial charge in [-0.05, 0) is 12.1 Å². The molecule has 2 N–H and O–H groups in total. The molecule has 0 spiro atoms. The van der Waals surface area contributed by atoms with Crippen LogP contribution in [0.5, 0.6) is 0 Å². The van der Waals surface area contributed by atoms with Gasteiger partial charge in [0.1, 0.15) is 17.0 Å². The average molecular weight is 398 g/mol. The molecule has 0 unspecified atom stereocenters. The summed E-state index contributed by atoms with van der Waals surface area (Å²) in [6.45, 7) is 3.80. The number of thiocarbonyl (C=S) groups is 1. The number of nitrogens with zero attached hydrogens (tertiary/aromatic N) is 2. The summed E-state index contributed by atoms with van der Waals surface area (Å²) in [5, 5.41) is 2.43. The molecule has 2 heterocycles. The van der Waals surface area contributed by atoms with Gasteiger partial charge in [0.2, 0.25) is 10.0 Å². The predicted molar refractivity (Wildman–Crippen MR) is 98.7 cm³/mol. The lowest BCUT2D eigenvalue weighted by atomic mass is 10.3. The fourth-order valence-corrected chi connectivity index (χ4v) is 3.15. The first-order valence-corrected chi connectivity index (χ1v) is 9.31. The largest absolute Gasteiger partial charge is 0.472 e. The molecule has 0 aliphatic heterocycles. The minimum atomic E-state index is -3.97. The zero-order valence-electron chi connectivity index (χ0n) is 14.1. The zero-order chi connectivity index (χ0) is 19.3. The van der Waals surface area contributed by atoms with Crippen LogP contribution in [0.15, 0.2) is 52.6 Å². The second-order valence-electron chi connectivity index (χ2n) is 5.28. The van der Waals surface area contributed by atoms with Gasteiger partial charge in [-0.1, -0.05) is 18.8 Å². The normalized spacial score (nSPS) is 11.0. The third-order valence-corrected chi connectivity index (χ3v) is 4.93. The fourth-order valence-electron chi connectivity index (χ4n) is 1.94. The van der Waals surface area contributed by atoms with Crippen molar-refractivity contribution in [2.24, 2.45) is 0 Å². The molecule has 0 saturated carbocycles. The Hall–Kier alpha value is -2.63. The van der Waals surface area contributed by atoms with Crippen molar-refractivity contribution < 1.29 is 22.0 Å². The van der Waals surface area contributed by atoms with E-state index in [0.717, 1.165) is 5.01 Å². The number of hydrogen-bond donors (Lipinski definition) is 2. The van der Waals surface area contributed by atoms with E-state index in [2.05, 4.69) is 16.8 Å². The Labute approximate surface area is 156 Å². The smallest absolute Gasteiger partial charge is 0.255 e. The van der Waals surface area contributed by atoms with Crippen molar-refractivity contribution in [3.05, 3.63) is 54.9 Å². The molecule has 0 radical (unpaired) electrons. The number of hydrogen-bond acceptors (Lipinski definition) is 7. The summed E-state index contributed by atoms with van der Waals surface area (Å²) in [7, 11) is -1.01. The minimum absolute atomic E-state index is 0.202. The molecule has 26 heavy (non-hydrogen) atoms. The SMILES string of the molecule is C=C(c1ccoc1)N(C)NC(=O)CS(=O)(=O)NN(C)C(=S)c1ccoc1. The van der Waals surface area contributed by atoms with Crippen molar-refractivity contribution in [2.75, 3.05) is 19.8 Å². The molecule has 0 bridgehead atoms. The lowest BCUT2D eigenvalue weighted by Crippen LogP contribution is -2.48. The molecule has 0 aromatic carbocycles. The summed E-state index contributed by atoms with van der Waals surface area (Å²) < 4.78 is 34.1. The molecule has 9 nitrogen and oxygen atoms in total. The molecule has 2 aromatic heterocycles. The van der Waals surface area contributed by atoms with Gasteiger partial charge in [0, 0.05) is 25.2 Å². The first-order chi connectivity index (χ1) is 12.2. The molecule has 0 atom stereocenters. The Morgan fingerprint density at radius 2 is 1.73 bits per heavy atom. The van der Waals surface area contributed by atoms with Gasteiger partial charge < -0.3 is 8.83 Å². The predicted octanol–water partition coefficient (Wildman–Crippen LogP) is 0.948. The number of sulfonamides is 1. The zero-order valence-corrected chi connectivity index (χ0v) is 15.8. The summed E-state index contributed by atoms with van der Waals surface area (Å²) in [5.41, 5.74) is 4.05. The van der Waals surface area contributed by atoms with Crippen LogP contribution in [0.4, 0.5) is 0 Å². The van der Waals surface area contributed by atoms with Crippen molar-refractivity contribution in [1.29, 1.82) is 0 Å². The van der Waals surface area contributed by atoms with Gasteiger partial charge in [0.25, 0.3) is 5.91 Å². The van der Waals surface area contributed by atoms with Crippen LogP contribution in [0.3, 0.4) is 0 Å². The first-order valence-electron chi connectivity index (χ1n) is 7.24. The van der Waals surface area contributed by atoms with E-state index in [1.54, 1.807) is 12.1 Å². The Balaban J connectivity index is 1.90. The van der Waals surface area contributed by atoms with Crippen LogP contribution in [-0.4, -0.2) is 49.2 Å². The number of furan rings is 2. The molecule has 0 fully saturated rings. The average Bonchev–Trinajstić information content (AvgIpc) is 3.25. The Morgan fingerprint density at radius 1 is 1.15 bits per heavy atom. The molecule has 0 aliphatic carbocycles. The maximum Gasteiger partial charge on any atom is 0.255 e. The van der Waals surface area contributed by atoms with Crippen LogP contribution in [0, 0.1) is 0 Å². The standard InChI is InChI=1S/C15H18N4O5S2/c1-11(12-4-6-23-8-12)18(2)16-14(20)10-26(21,22)17-19(3)15(25)13-5-7-24-9-13/h4-9,17H,1,10H2,2-3H3,(H,16,20). The number of carbonyl (C=O) groups excluding carboxylic acids is 1.